The summed E-state index contributed by atoms with van der Waals surface area (Å²) in [4.78, 5) is 60.4. The fourth-order valence-corrected chi connectivity index (χ4v) is 3.82. The van der Waals surface area contributed by atoms with E-state index in [2.05, 4.69) is 27.8 Å². The molecule has 0 aromatic heterocycles. The lowest BCUT2D eigenvalue weighted by Crippen LogP contribution is -2.44. The minimum absolute atomic E-state index is 0.0365. The number of rotatable bonds is 24. The van der Waals surface area contributed by atoms with Crippen LogP contribution in [0.3, 0.4) is 0 Å². The number of hydrogen-bond donors (Lipinski definition) is 4. The lowest BCUT2D eigenvalue weighted by atomic mass is 10.1. The van der Waals surface area contributed by atoms with Crippen molar-refractivity contribution in [3.63, 3.8) is 0 Å². The second-order valence-electron chi connectivity index (χ2n) is 9.52. The van der Waals surface area contributed by atoms with E-state index in [1.165, 1.54) is 17.9 Å². The molecule has 0 unspecified atom stereocenters. The van der Waals surface area contributed by atoms with Crippen molar-refractivity contribution in [1.82, 2.24) is 26.2 Å². The number of alkyl carbamates (subject to hydrolysis) is 1. The Hall–Kier alpha value is -3.11. The summed E-state index contributed by atoms with van der Waals surface area (Å²) in [6.07, 6.45) is 12.5. The molecular formula is C28H51N5O6. The largest absolute Gasteiger partial charge is 0.445 e. The normalized spacial score (nSPS) is 10.3. The number of unbranched alkanes of at least 4 members (excludes halogenated alkanes) is 9. The summed E-state index contributed by atoms with van der Waals surface area (Å²) < 4.78 is 4.83. The lowest BCUT2D eigenvalue weighted by Gasteiger charge is -2.22. The summed E-state index contributed by atoms with van der Waals surface area (Å²) in [6.45, 7) is 6.59. The summed E-state index contributed by atoms with van der Waals surface area (Å²) in [5.41, 5.74) is 0. The molecular weight excluding hydrogens is 502 g/mol. The average Bonchev–Trinajstić information content (AvgIpc) is 2.91. The molecule has 0 bridgehead atoms. The zero-order valence-corrected chi connectivity index (χ0v) is 24.1. The Bertz CT molecular complexity index is 731. The molecule has 0 fully saturated rings. The van der Waals surface area contributed by atoms with Gasteiger partial charge >= 0.3 is 6.09 Å². The molecule has 39 heavy (non-hydrogen) atoms. The maximum Gasteiger partial charge on any atom is 0.407 e. The van der Waals surface area contributed by atoms with Crippen LogP contribution in [-0.4, -0.2) is 81.0 Å². The number of ether oxygens (including phenoxy) is 1. The molecule has 0 atom stereocenters. The highest BCUT2D eigenvalue weighted by Crippen LogP contribution is 2.09. The third-order valence-corrected chi connectivity index (χ3v) is 6.04. The molecule has 0 aromatic rings. The third kappa shape index (κ3) is 23.7. The van der Waals surface area contributed by atoms with Crippen molar-refractivity contribution in [2.24, 2.45) is 0 Å². The lowest BCUT2D eigenvalue weighted by molar-refractivity contribution is -0.136. The second kappa shape index (κ2) is 25.2. The maximum atomic E-state index is 12.7. The van der Waals surface area contributed by atoms with Gasteiger partial charge in [0.15, 0.2) is 0 Å². The first kappa shape index (κ1) is 35.9. The van der Waals surface area contributed by atoms with E-state index in [0.717, 1.165) is 57.8 Å². The monoisotopic (exact) mass is 553 g/mol. The highest BCUT2D eigenvalue weighted by atomic mass is 16.5. The molecule has 0 aliphatic carbocycles. The molecule has 0 aliphatic rings. The number of carbonyl (C=O) groups is 5. The van der Waals surface area contributed by atoms with Crippen LogP contribution in [0, 0.1) is 0 Å². The predicted molar refractivity (Wildman–Crippen MR) is 152 cm³/mol. The molecule has 4 N–H and O–H groups in total. The molecule has 0 saturated carbocycles. The summed E-state index contributed by atoms with van der Waals surface area (Å²) in [5.74, 6) is -0.425. The van der Waals surface area contributed by atoms with Crippen molar-refractivity contribution in [2.75, 3.05) is 46.4 Å². The van der Waals surface area contributed by atoms with E-state index in [4.69, 9.17) is 4.74 Å². The third-order valence-electron chi connectivity index (χ3n) is 6.04. The molecule has 11 heteroatoms. The van der Waals surface area contributed by atoms with E-state index in [1.807, 2.05) is 0 Å². The zero-order chi connectivity index (χ0) is 29.1. The molecule has 0 heterocycles. The molecule has 0 rings (SSSR count). The highest BCUT2D eigenvalue weighted by molar-refractivity contribution is 5.84. The molecule has 0 aliphatic heterocycles. The fraction of sp³-hybridized carbons (Fsp3) is 0.750. The maximum absolute atomic E-state index is 12.7. The van der Waals surface area contributed by atoms with Crippen molar-refractivity contribution in [3.8, 4) is 0 Å². The summed E-state index contributed by atoms with van der Waals surface area (Å²) >= 11 is 0. The minimum atomic E-state index is -0.493. The van der Waals surface area contributed by atoms with Crippen molar-refractivity contribution in [3.05, 3.63) is 12.7 Å². The number of carbonyl (C=O) groups excluding carboxylic acids is 5. The van der Waals surface area contributed by atoms with Gasteiger partial charge < -0.3 is 30.9 Å². The predicted octanol–water partition coefficient (Wildman–Crippen LogP) is 2.80. The Morgan fingerprint density at radius 3 is 1.90 bits per heavy atom. The molecule has 0 saturated heterocycles. The summed E-state index contributed by atoms with van der Waals surface area (Å²) in [6, 6.07) is 0. The Morgan fingerprint density at radius 1 is 0.718 bits per heavy atom. The van der Waals surface area contributed by atoms with Gasteiger partial charge in [0.1, 0.15) is 6.61 Å². The fourth-order valence-electron chi connectivity index (χ4n) is 3.82. The molecule has 11 nitrogen and oxygen atoms in total. The topological polar surface area (TPSA) is 146 Å². The Morgan fingerprint density at radius 2 is 1.28 bits per heavy atom. The van der Waals surface area contributed by atoms with Crippen LogP contribution in [0.5, 0.6) is 0 Å². The number of hydrogen-bond acceptors (Lipinski definition) is 6. The quantitative estimate of drug-likeness (QED) is 0.107. The van der Waals surface area contributed by atoms with E-state index in [1.54, 1.807) is 7.05 Å². The van der Waals surface area contributed by atoms with Crippen LogP contribution in [0.2, 0.25) is 0 Å². The van der Waals surface area contributed by atoms with Crippen LogP contribution in [0.15, 0.2) is 12.7 Å². The first-order chi connectivity index (χ1) is 18.8. The molecule has 0 radical (unpaired) electrons. The molecule has 224 valence electrons. The zero-order valence-electron chi connectivity index (χ0n) is 24.1. The van der Waals surface area contributed by atoms with Gasteiger partial charge in [-0.1, -0.05) is 57.6 Å². The van der Waals surface area contributed by atoms with Gasteiger partial charge in [-0.3, -0.25) is 19.2 Å². The van der Waals surface area contributed by atoms with Gasteiger partial charge in [0.25, 0.3) is 0 Å². The van der Waals surface area contributed by atoms with Crippen LogP contribution in [0.25, 0.3) is 0 Å². The van der Waals surface area contributed by atoms with Crippen molar-refractivity contribution in [2.45, 2.75) is 90.4 Å². The smallest absolute Gasteiger partial charge is 0.407 e. The van der Waals surface area contributed by atoms with Crippen LogP contribution in [-0.2, 0) is 23.9 Å². The van der Waals surface area contributed by atoms with Crippen LogP contribution in [0.1, 0.15) is 90.4 Å². The SMILES string of the molecule is C=CCOC(=O)NCCCCCC(=O)N(CCNC(C)=O)CC(=O)NCCCCCCCCCCC(=O)NC. The van der Waals surface area contributed by atoms with E-state index < -0.39 is 6.09 Å². The Kier molecular flexibility index (Phi) is 23.2. The second-order valence-corrected chi connectivity index (χ2v) is 9.52. The Labute approximate surface area is 234 Å². The number of nitrogens with zero attached hydrogens (tertiary/aromatic N) is 1. The first-order valence-corrected chi connectivity index (χ1v) is 14.3. The van der Waals surface area contributed by atoms with Gasteiger partial charge in [0, 0.05) is 53.0 Å². The molecule has 0 spiro atoms. The van der Waals surface area contributed by atoms with Crippen molar-refractivity contribution < 1.29 is 28.7 Å². The Balaban J connectivity index is 4.10. The summed E-state index contributed by atoms with van der Waals surface area (Å²) in [5, 5.41) is 10.8. The van der Waals surface area contributed by atoms with Gasteiger partial charge in [-0.2, -0.15) is 0 Å². The van der Waals surface area contributed by atoms with Crippen molar-refractivity contribution in [1.29, 1.82) is 0 Å². The van der Waals surface area contributed by atoms with Crippen LogP contribution in [0.4, 0.5) is 4.79 Å². The van der Waals surface area contributed by atoms with Gasteiger partial charge in [-0.05, 0) is 25.7 Å². The summed E-state index contributed by atoms with van der Waals surface area (Å²) in [7, 11) is 1.66. The van der Waals surface area contributed by atoms with E-state index >= 15 is 0 Å². The molecule has 0 aromatic carbocycles. The van der Waals surface area contributed by atoms with E-state index in [-0.39, 0.29) is 49.9 Å². The van der Waals surface area contributed by atoms with Gasteiger partial charge in [0.2, 0.25) is 23.6 Å². The standard InChI is InChI=1S/C28H51N5O6/c1-4-22-39-28(38)32-19-15-11-13-17-27(37)33(21-20-30-24(2)34)23-26(36)31-18-14-10-8-6-5-7-9-12-16-25(35)29-3/h4H,1,5-23H2,2-3H3,(H,29,35)(H,30,34)(H,31,36)(H,32,38). The van der Waals surface area contributed by atoms with Crippen molar-refractivity contribution >= 4 is 29.7 Å². The van der Waals surface area contributed by atoms with E-state index in [0.29, 0.717) is 38.8 Å². The number of nitrogens with one attached hydrogen (secondary N) is 4. The van der Waals surface area contributed by atoms with Gasteiger partial charge in [-0.15, -0.1) is 0 Å². The van der Waals surface area contributed by atoms with Crippen LogP contribution >= 0.6 is 0 Å². The van der Waals surface area contributed by atoms with Gasteiger partial charge in [-0.25, -0.2) is 4.79 Å². The van der Waals surface area contributed by atoms with Crippen LogP contribution < -0.4 is 21.3 Å². The number of amides is 5. The molecule has 5 amide bonds. The average molecular weight is 554 g/mol. The van der Waals surface area contributed by atoms with Gasteiger partial charge in [0.05, 0.1) is 6.54 Å². The minimum Gasteiger partial charge on any atom is -0.445 e. The first-order valence-electron chi connectivity index (χ1n) is 14.3. The van der Waals surface area contributed by atoms with E-state index in [9.17, 15) is 24.0 Å². The highest BCUT2D eigenvalue weighted by Gasteiger charge is 2.16.